The number of carbonyl (C=O) groups is 1. The van der Waals surface area contributed by atoms with Gasteiger partial charge in [0.1, 0.15) is 0 Å². The van der Waals surface area contributed by atoms with Crippen LogP contribution in [0.5, 0.6) is 0 Å². The maximum absolute atomic E-state index is 11.3. The van der Waals surface area contributed by atoms with E-state index in [4.69, 9.17) is 12.2 Å². The third kappa shape index (κ3) is 1.69. The second-order valence-electron chi connectivity index (χ2n) is 2.88. The van der Waals surface area contributed by atoms with Gasteiger partial charge in [0, 0.05) is 11.3 Å². The Morgan fingerprint density at radius 1 is 1.57 bits per heavy atom. The molecule has 0 aliphatic rings. The Balaban J connectivity index is 3.38. The van der Waals surface area contributed by atoms with E-state index in [1.54, 1.807) is 19.1 Å². The number of carbonyl (C=O) groups excluding carboxylic acids is 1. The Kier molecular flexibility index (Phi) is 2.78. The molecule has 0 heterocycles. The molecule has 0 atom stereocenters. The molecule has 1 rings (SSSR count). The maximum Gasteiger partial charge on any atom is 0.338 e. The van der Waals surface area contributed by atoms with Gasteiger partial charge < -0.3 is 10.5 Å². The van der Waals surface area contributed by atoms with Crippen LogP contribution >= 0.6 is 0 Å². The Morgan fingerprint density at radius 2 is 2.21 bits per heavy atom. The van der Waals surface area contributed by atoms with Crippen molar-refractivity contribution >= 4 is 11.7 Å². The quantitative estimate of drug-likeness (QED) is 0.412. The summed E-state index contributed by atoms with van der Waals surface area (Å²) in [6.07, 6.45) is 5.27. The minimum atomic E-state index is -0.425. The molecular weight excluding hydrogens is 178 g/mol. The van der Waals surface area contributed by atoms with E-state index >= 15 is 0 Å². The first-order chi connectivity index (χ1) is 6.60. The first-order valence-electron chi connectivity index (χ1n) is 4.05. The highest BCUT2D eigenvalue weighted by atomic mass is 16.5. The van der Waals surface area contributed by atoms with E-state index in [0.717, 1.165) is 0 Å². The van der Waals surface area contributed by atoms with Crippen LogP contribution in [0.4, 0.5) is 5.69 Å². The van der Waals surface area contributed by atoms with Gasteiger partial charge in [-0.2, -0.15) is 0 Å². The zero-order valence-corrected chi connectivity index (χ0v) is 8.13. The molecule has 1 aromatic rings. The molecule has 0 spiro atoms. The Bertz CT molecular complexity index is 416. The van der Waals surface area contributed by atoms with Crippen LogP contribution in [-0.4, -0.2) is 13.1 Å². The summed E-state index contributed by atoms with van der Waals surface area (Å²) < 4.78 is 4.61. The van der Waals surface area contributed by atoms with Crippen LogP contribution in [0, 0.1) is 19.3 Å². The monoisotopic (exact) mass is 189 g/mol. The lowest BCUT2D eigenvalue weighted by Crippen LogP contribution is -2.06. The van der Waals surface area contributed by atoms with E-state index in [2.05, 4.69) is 10.7 Å². The Hall–Kier alpha value is -1.95. The summed E-state index contributed by atoms with van der Waals surface area (Å²) in [5.74, 6) is 2.04. The molecule has 0 unspecified atom stereocenters. The van der Waals surface area contributed by atoms with Crippen molar-refractivity contribution in [3.05, 3.63) is 28.8 Å². The zero-order valence-electron chi connectivity index (χ0n) is 8.13. The minimum Gasteiger partial charge on any atom is -0.465 e. The number of hydrogen-bond donors (Lipinski definition) is 1. The summed E-state index contributed by atoms with van der Waals surface area (Å²) in [5.41, 5.74) is 7.80. The van der Waals surface area contributed by atoms with Crippen LogP contribution in [0.15, 0.2) is 12.1 Å². The van der Waals surface area contributed by atoms with Crippen molar-refractivity contribution in [2.75, 3.05) is 12.8 Å². The maximum atomic E-state index is 11.3. The number of esters is 1. The first-order valence-corrected chi connectivity index (χ1v) is 4.05. The van der Waals surface area contributed by atoms with Crippen LogP contribution in [-0.2, 0) is 4.74 Å². The van der Waals surface area contributed by atoms with Crippen LogP contribution in [0.2, 0.25) is 0 Å². The van der Waals surface area contributed by atoms with Gasteiger partial charge in [-0.15, -0.1) is 6.42 Å². The van der Waals surface area contributed by atoms with E-state index in [9.17, 15) is 4.79 Å². The molecule has 0 bridgehead atoms. The van der Waals surface area contributed by atoms with Gasteiger partial charge in [0.15, 0.2) is 0 Å². The van der Waals surface area contributed by atoms with E-state index in [0.29, 0.717) is 22.4 Å². The smallest absolute Gasteiger partial charge is 0.338 e. The fraction of sp³-hybridized carbons (Fsp3) is 0.182. The number of benzene rings is 1. The summed E-state index contributed by atoms with van der Waals surface area (Å²) in [7, 11) is 1.32. The average molecular weight is 189 g/mol. The molecule has 0 saturated heterocycles. The van der Waals surface area contributed by atoms with Crippen molar-refractivity contribution in [2.24, 2.45) is 0 Å². The predicted octanol–water partition coefficient (Wildman–Crippen LogP) is 1.35. The lowest BCUT2D eigenvalue weighted by molar-refractivity contribution is 0.0600. The molecule has 0 aliphatic carbocycles. The van der Waals surface area contributed by atoms with Crippen LogP contribution in [0.3, 0.4) is 0 Å². The molecule has 0 fully saturated rings. The molecule has 3 nitrogen and oxygen atoms in total. The van der Waals surface area contributed by atoms with E-state index in [-0.39, 0.29) is 0 Å². The molecule has 0 saturated carbocycles. The Morgan fingerprint density at radius 3 is 2.71 bits per heavy atom. The molecule has 3 heteroatoms. The topological polar surface area (TPSA) is 52.3 Å². The van der Waals surface area contributed by atoms with E-state index in [1.807, 2.05) is 0 Å². The van der Waals surface area contributed by atoms with Crippen molar-refractivity contribution < 1.29 is 9.53 Å². The lowest BCUT2D eigenvalue weighted by Gasteiger charge is -2.07. The van der Waals surface area contributed by atoms with Crippen molar-refractivity contribution in [2.45, 2.75) is 6.92 Å². The summed E-state index contributed by atoms with van der Waals surface area (Å²) >= 11 is 0. The molecule has 72 valence electrons. The number of anilines is 1. The molecule has 0 aromatic heterocycles. The van der Waals surface area contributed by atoms with Crippen molar-refractivity contribution in [1.82, 2.24) is 0 Å². The fourth-order valence-corrected chi connectivity index (χ4v) is 1.21. The number of rotatable bonds is 1. The highest BCUT2D eigenvalue weighted by Gasteiger charge is 2.12. The lowest BCUT2D eigenvalue weighted by atomic mass is 10.0. The molecule has 0 amide bonds. The number of ether oxygens (including phenoxy) is 1. The number of nitrogens with two attached hydrogens (primary N) is 1. The molecule has 1 aromatic carbocycles. The van der Waals surface area contributed by atoms with Gasteiger partial charge in [-0.3, -0.25) is 0 Å². The highest BCUT2D eigenvalue weighted by Crippen LogP contribution is 2.18. The van der Waals surface area contributed by atoms with Crippen LogP contribution < -0.4 is 5.73 Å². The van der Waals surface area contributed by atoms with Crippen molar-refractivity contribution in [3.63, 3.8) is 0 Å². The third-order valence-electron chi connectivity index (χ3n) is 1.99. The third-order valence-corrected chi connectivity index (χ3v) is 1.99. The Labute approximate surface area is 82.9 Å². The van der Waals surface area contributed by atoms with Crippen LogP contribution in [0.1, 0.15) is 21.5 Å². The first kappa shape index (κ1) is 10.1. The molecule has 0 radical (unpaired) electrons. The van der Waals surface area contributed by atoms with E-state index in [1.165, 1.54) is 7.11 Å². The largest absolute Gasteiger partial charge is 0.465 e. The SMILES string of the molecule is C#Cc1cc(N)cc(C(=O)OC)c1C. The van der Waals surface area contributed by atoms with Gasteiger partial charge >= 0.3 is 5.97 Å². The molecular formula is C11H11NO2. The number of nitrogen functional groups attached to an aromatic ring is 1. The second-order valence-corrected chi connectivity index (χ2v) is 2.88. The van der Waals surface area contributed by atoms with Crippen molar-refractivity contribution in [3.8, 4) is 12.3 Å². The molecule has 2 N–H and O–H groups in total. The average Bonchev–Trinajstić information content (AvgIpc) is 2.19. The minimum absolute atomic E-state index is 0.417. The molecule has 0 aliphatic heterocycles. The molecule has 14 heavy (non-hydrogen) atoms. The van der Waals surface area contributed by atoms with Crippen LogP contribution in [0.25, 0.3) is 0 Å². The number of hydrogen-bond acceptors (Lipinski definition) is 3. The van der Waals surface area contributed by atoms with Gasteiger partial charge in [0.05, 0.1) is 12.7 Å². The van der Waals surface area contributed by atoms with Gasteiger partial charge in [-0.1, -0.05) is 5.92 Å². The standard InChI is InChI=1S/C11H11NO2/c1-4-8-5-9(12)6-10(7(8)2)11(13)14-3/h1,5-6H,12H2,2-3H3. The van der Waals surface area contributed by atoms with Crippen molar-refractivity contribution in [1.29, 1.82) is 0 Å². The van der Waals surface area contributed by atoms with E-state index < -0.39 is 5.97 Å². The summed E-state index contributed by atoms with van der Waals surface area (Å²) in [4.78, 5) is 11.3. The second kappa shape index (κ2) is 3.84. The zero-order chi connectivity index (χ0) is 10.7. The predicted molar refractivity (Wildman–Crippen MR) is 54.9 cm³/mol. The summed E-state index contributed by atoms with van der Waals surface area (Å²) in [6, 6.07) is 3.21. The van der Waals surface area contributed by atoms with Gasteiger partial charge in [0.2, 0.25) is 0 Å². The fourth-order valence-electron chi connectivity index (χ4n) is 1.21. The normalized spacial score (nSPS) is 9.21. The van der Waals surface area contributed by atoms with Gasteiger partial charge in [-0.25, -0.2) is 4.79 Å². The van der Waals surface area contributed by atoms with Gasteiger partial charge in [-0.05, 0) is 24.6 Å². The summed E-state index contributed by atoms with van der Waals surface area (Å²) in [6.45, 7) is 1.76. The number of terminal acetylenes is 1. The number of methoxy groups -OCH3 is 1. The van der Waals surface area contributed by atoms with Gasteiger partial charge in [0.25, 0.3) is 0 Å². The summed E-state index contributed by atoms with van der Waals surface area (Å²) in [5, 5.41) is 0. The highest BCUT2D eigenvalue weighted by molar-refractivity contribution is 5.92.